The van der Waals surface area contributed by atoms with Crippen LogP contribution in [-0.4, -0.2) is 30.5 Å². The SMILES string of the molecule is CCCCCCCCCCCCCCCC(NC(=O)OCCCO)C(C)CC#N. The lowest BCUT2D eigenvalue weighted by atomic mass is 9.93. The molecule has 29 heavy (non-hydrogen) atoms. The Morgan fingerprint density at radius 3 is 1.93 bits per heavy atom. The van der Waals surface area contributed by atoms with Gasteiger partial charge in [-0.25, -0.2) is 4.79 Å². The van der Waals surface area contributed by atoms with E-state index in [0.717, 1.165) is 12.8 Å². The lowest BCUT2D eigenvalue weighted by Crippen LogP contribution is -2.39. The zero-order valence-corrected chi connectivity index (χ0v) is 19.1. The van der Waals surface area contributed by atoms with E-state index >= 15 is 0 Å². The van der Waals surface area contributed by atoms with Crippen molar-refractivity contribution in [1.29, 1.82) is 5.26 Å². The maximum absolute atomic E-state index is 11.9. The zero-order valence-electron chi connectivity index (χ0n) is 19.1. The van der Waals surface area contributed by atoms with Gasteiger partial charge < -0.3 is 15.2 Å². The highest BCUT2D eigenvalue weighted by Gasteiger charge is 2.19. The molecule has 0 aliphatic carbocycles. The van der Waals surface area contributed by atoms with Crippen molar-refractivity contribution >= 4 is 6.09 Å². The molecular weight excluding hydrogens is 364 g/mol. The minimum atomic E-state index is -0.442. The molecule has 0 aromatic heterocycles. The first-order chi connectivity index (χ1) is 14.2. The van der Waals surface area contributed by atoms with Crippen LogP contribution in [0, 0.1) is 17.2 Å². The molecule has 0 fully saturated rings. The summed E-state index contributed by atoms with van der Waals surface area (Å²) in [5.41, 5.74) is 0. The van der Waals surface area contributed by atoms with Crippen LogP contribution in [-0.2, 0) is 4.74 Å². The molecule has 0 aliphatic rings. The smallest absolute Gasteiger partial charge is 0.407 e. The Labute approximate surface area is 179 Å². The summed E-state index contributed by atoms with van der Waals surface area (Å²) in [5.74, 6) is 0.114. The van der Waals surface area contributed by atoms with Gasteiger partial charge in [0.05, 0.1) is 12.7 Å². The Bertz CT molecular complexity index is 409. The average molecular weight is 411 g/mol. The number of nitrogens with one attached hydrogen (secondary N) is 1. The highest BCUT2D eigenvalue weighted by Crippen LogP contribution is 2.17. The molecule has 1 amide bonds. The minimum absolute atomic E-state index is 0.0144. The van der Waals surface area contributed by atoms with Gasteiger partial charge in [0.25, 0.3) is 0 Å². The van der Waals surface area contributed by atoms with Crippen molar-refractivity contribution < 1.29 is 14.6 Å². The number of aliphatic hydroxyl groups excluding tert-OH is 1. The van der Waals surface area contributed by atoms with Gasteiger partial charge in [0.1, 0.15) is 0 Å². The van der Waals surface area contributed by atoms with Crippen LogP contribution in [0.3, 0.4) is 0 Å². The summed E-state index contributed by atoms with van der Waals surface area (Å²) in [5, 5.41) is 20.6. The maximum atomic E-state index is 11.9. The highest BCUT2D eigenvalue weighted by molar-refractivity contribution is 5.67. The van der Waals surface area contributed by atoms with E-state index in [-0.39, 0.29) is 25.2 Å². The molecule has 0 spiro atoms. The minimum Gasteiger partial charge on any atom is -0.449 e. The fraction of sp³-hybridized carbons (Fsp3) is 0.917. The quantitative estimate of drug-likeness (QED) is 0.225. The number of hydrogen-bond acceptors (Lipinski definition) is 4. The number of carbonyl (C=O) groups excluding carboxylic acids is 1. The Hall–Kier alpha value is -1.28. The molecular formula is C24H46N2O3. The molecule has 0 aromatic rings. The number of unbranched alkanes of at least 4 members (excludes halogenated alkanes) is 12. The lowest BCUT2D eigenvalue weighted by molar-refractivity contribution is 0.128. The third kappa shape index (κ3) is 18.5. The van der Waals surface area contributed by atoms with Crippen LogP contribution in [0.2, 0.25) is 0 Å². The van der Waals surface area contributed by atoms with Crippen molar-refractivity contribution in [3.05, 3.63) is 0 Å². The fourth-order valence-electron chi connectivity index (χ4n) is 3.59. The van der Waals surface area contributed by atoms with Gasteiger partial charge in [-0.3, -0.25) is 0 Å². The summed E-state index contributed by atoms with van der Waals surface area (Å²) in [7, 11) is 0. The van der Waals surface area contributed by atoms with Gasteiger partial charge in [-0.2, -0.15) is 5.26 Å². The van der Waals surface area contributed by atoms with Gasteiger partial charge in [0.15, 0.2) is 0 Å². The van der Waals surface area contributed by atoms with Crippen molar-refractivity contribution in [2.45, 2.75) is 123 Å². The monoisotopic (exact) mass is 410 g/mol. The van der Waals surface area contributed by atoms with Gasteiger partial charge in [-0.05, 0) is 12.3 Å². The first-order valence-corrected chi connectivity index (χ1v) is 12.1. The summed E-state index contributed by atoms with van der Waals surface area (Å²) >= 11 is 0. The maximum Gasteiger partial charge on any atom is 0.407 e. The Balaban J connectivity index is 3.77. The van der Waals surface area contributed by atoms with Crippen molar-refractivity contribution in [2.75, 3.05) is 13.2 Å². The summed E-state index contributed by atoms with van der Waals surface area (Å²) in [6, 6.07) is 2.17. The van der Waals surface area contributed by atoms with E-state index in [1.165, 1.54) is 77.0 Å². The Morgan fingerprint density at radius 2 is 1.45 bits per heavy atom. The average Bonchev–Trinajstić information content (AvgIpc) is 2.71. The van der Waals surface area contributed by atoms with Gasteiger partial charge in [-0.1, -0.05) is 97.3 Å². The molecule has 5 heteroatoms. The Kier molecular flexibility index (Phi) is 20.5. The second-order valence-electron chi connectivity index (χ2n) is 8.33. The molecule has 0 heterocycles. The van der Waals surface area contributed by atoms with Crippen LogP contribution in [0.15, 0.2) is 0 Å². The number of hydrogen-bond donors (Lipinski definition) is 2. The van der Waals surface area contributed by atoms with Gasteiger partial charge >= 0.3 is 6.09 Å². The molecule has 170 valence electrons. The highest BCUT2D eigenvalue weighted by atomic mass is 16.5. The zero-order chi connectivity index (χ0) is 21.6. The number of nitriles is 1. The largest absolute Gasteiger partial charge is 0.449 e. The van der Waals surface area contributed by atoms with Crippen molar-refractivity contribution in [3.8, 4) is 6.07 Å². The number of ether oxygens (including phenoxy) is 1. The number of alkyl carbamates (subject to hydrolysis) is 1. The second-order valence-corrected chi connectivity index (χ2v) is 8.33. The number of nitrogens with zero attached hydrogens (tertiary/aromatic N) is 1. The molecule has 0 saturated heterocycles. The summed E-state index contributed by atoms with van der Waals surface area (Å²) in [4.78, 5) is 11.9. The van der Waals surface area contributed by atoms with Gasteiger partial charge in [-0.15, -0.1) is 0 Å². The van der Waals surface area contributed by atoms with Crippen LogP contribution in [0.25, 0.3) is 0 Å². The normalized spacial score (nSPS) is 12.9. The molecule has 0 bridgehead atoms. The molecule has 0 rings (SSSR count). The van der Waals surface area contributed by atoms with Crippen LogP contribution >= 0.6 is 0 Å². The third-order valence-electron chi connectivity index (χ3n) is 5.56. The molecule has 0 radical (unpaired) electrons. The third-order valence-corrected chi connectivity index (χ3v) is 5.56. The topological polar surface area (TPSA) is 82.3 Å². The molecule has 5 nitrogen and oxygen atoms in total. The predicted molar refractivity (Wildman–Crippen MR) is 120 cm³/mol. The Morgan fingerprint density at radius 1 is 0.931 bits per heavy atom. The molecule has 0 aromatic carbocycles. The van der Waals surface area contributed by atoms with Crippen LogP contribution in [0.4, 0.5) is 4.79 Å². The number of carbonyl (C=O) groups is 1. The van der Waals surface area contributed by atoms with E-state index < -0.39 is 6.09 Å². The second kappa shape index (κ2) is 21.4. The van der Waals surface area contributed by atoms with Crippen molar-refractivity contribution in [2.24, 2.45) is 5.92 Å². The first-order valence-electron chi connectivity index (χ1n) is 12.1. The van der Waals surface area contributed by atoms with E-state index in [1.807, 2.05) is 6.92 Å². The predicted octanol–water partition coefficient (Wildman–Crippen LogP) is 6.49. The summed E-state index contributed by atoms with van der Waals surface area (Å²) < 4.78 is 5.07. The van der Waals surface area contributed by atoms with E-state index in [2.05, 4.69) is 18.3 Å². The van der Waals surface area contributed by atoms with E-state index in [0.29, 0.717) is 12.8 Å². The van der Waals surface area contributed by atoms with Crippen LogP contribution < -0.4 is 5.32 Å². The van der Waals surface area contributed by atoms with Crippen molar-refractivity contribution in [3.63, 3.8) is 0 Å². The first kappa shape index (κ1) is 27.7. The number of amides is 1. The molecule has 2 unspecified atom stereocenters. The molecule has 0 saturated carbocycles. The lowest BCUT2D eigenvalue weighted by Gasteiger charge is -2.23. The van der Waals surface area contributed by atoms with Gasteiger partial charge in [0.2, 0.25) is 0 Å². The van der Waals surface area contributed by atoms with Crippen LogP contribution in [0.5, 0.6) is 0 Å². The summed E-state index contributed by atoms with van der Waals surface area (Å²) in [6.07, 6.45) is 18.5. The standard InChI is InChI=1S/C24H46N2O3/c1-3-4-5-6-7-8-9-10-11-12-13-14-15-17-23(22(2)18-19-25)26-24(28)29-21-16-20-27/h22-23,27H,3-18,20-21H2,1-2H3,(H,26,28). The van der Waals surface area contributed by atoms with Gasteiger partial charge in [0, 0.05) is 25.5 Å². The van der Waals surface area contributed by atoms with E-state index in [4.69, 9.17) is 15.1 Å². The fourth-order valence-corrected chi connectivity index (χ4v) is 3.59. The number of aliphatic hydroxyl groups is 1. The summed E-state index contributed by atoms with van der Waals surface area (Å²) in [6.45, 7) is 4.50. The molecule has 0 aliphatic heterocycles. The van der Waals surface area contributed by atoms with Crippen molar-refractivity contribution in [1.82, 2.24) is 5.32 Å². The van der Waals surface area contributed by atoms with Crippen LogP contribution in [0.1, 0.15) is 117 Å². The van der Waals surface area contributed by atoms with E-state index in [1.54, 1.807) is 0 Å². The molecule has 2 N–H and O–H groups in total. The molecule has 2 atom stereocenters. The number of rotatable bonds is 20. The van der Waals surface area contributed by atoms with E-state index in [9.17, 15) is 4.79 Å².